The molecule has 0 unspecified atom stereocenters. The molecule has 0 bridgehead atoms. The first-order valence-electron chi connectivity index (χ1n) is 4.05. The van der Waals surface area contributed by atoms with Crippen LogP contribution in [0, 0.1) is 5.41 Å². The maximum absolute atomic E-state index is 10.2. The topological polar surface area (TPSA) is 61.2 Å². The molecular formula is C10H11NO2. The lowest BCUT2D eigenvalue weighted by atomic mass is 10.1. The van der Waals surface area contributed by atoms with E-state index in [4.69, 9.17) is 10.5 Å². The van der Waals surface area contributed by atoms with Crippen molar-refractivity contribution in [2.24, 2.45) is 0 Å². The number of carbonyl (C=O) groups is 1. The zero-order valence-corrected chi connectivity index (χ0v) is 7.16. The molecule has 0 amide bonds. The SMILES string of the molecule is N=C(CCC(=O)O)c1ccccc1. The molecule has 0 aliphatic rings. The summed E-state index contributed by atoms with van der Waals surface area (Å²) < 4.78 is 0. The summed E-state index contributed by atoms with van der Waals surface area (Å²) in [5.41, 5.74) is 1.17. The monoisotopic (exact) mass is 177 g/mol. The van der Waals surface area contributed by atoms with Gasteiger partial charge in [0, 0.05) is 5.71 Å². The van der Waals surface area contributed by atoms with Crippen LogP contribution in [0.25, 0.3) is 0 Å². The minimum absolute atomic E-state index is 0.0216. The number of carboxylic acid groups (broad SMARTS) is 1. The van der Waals surface area contributed by atoms with Gasteiger partial charge in [0.15, 0.2) is 0 Å². The van der Waals surface area contributed by atoms with E-state index in [1.807, 2.05) is 30.3 Å². The lowest BCUT2D eigenvalue weighted by molar-refractivity contribution is -0.136. The summed E-state index contributed by atoms with van der Waals surface area (Å²) in [6.07, 6.45) is 0.313. The number of hydrogen-bond donors (Lipinski definition) is 2. The van der Waals surface area contributed by atoms with E-state index in [0.29, 0.717) is 12.1 Å². The molecule has 0 atom stereocenters. The molecule has 0 saturated carbocycles. The van der Waals surface area contributed by atoms with Gasteiger partial charge >= 0.3 is 5.97 Å². The second-order valence-electron chi connectivity index (χ2n) is 2.74. The highest BCUT2D eigenvalue weighted by molar-refractivity contribution is 5.99. The molecule has 1 aromatic carbocycles. The number of hydrogen-bond acceptors (Lipinski definition) is 2. The summed E-state index contributed by atoms with van der Waals surface area (Å²) >= 11 is 0. The largest absolute Gasteiger partial charge is 0.481 e. The number of rotatable bonds is 4. The second kappa shape index (κ2) is 4.40. The molecule has 0 fully saturated rings. The third-order valence-electron chi connectivity index (χ3n) is 1.71. The molecule has 68 valence electrons. The maximum Gasteiger partial charge on any atom is 0.303 e. The average molecular weight is 177 g/mol. The van der Waals surface area contributed by atoms with Crippen molar-refractivity contribution >= 4 is 11.7 Å². The fourth-order valence-electron chi connectivity index (χ4n) is 1.02. The minimum Gasteiger partial charge on any atom is -0.481 e. The highest BCUT2D eigenvalue weighted by Crippen LogP contribution is 2.04. The molecule has 0 aliphatic carbocycles. The molecule has 3 heteroatoms. The Morgan fingerprint density at radius 2 is 1.85 bits per heavy atom. The zero-order valence-electron chi connectivity index (χ0n) is 7.16. The van der Waals surface area contributed by atoms with Crippen LogP contribution >= 0.6 is 0 Å². The molecule has 0 spiro atoms. The molecule has 1 aromatic rings. The van der Waals surface area contributed by atoms with Gasteiger partial charge in [0.25, 0.3) is 0 Å². The van der Waals surface area contributed by atoms with Crippen molar-refractivity contribution in [2.45, 2.75) is 12.8 Å². The fraction of sp³-hybridized carbons (Fsp3) is 0.200. The van der Waals surface area contributed by atoms with Crippen LogP contribution in [0.15, 0.2) is 30.3 Å². The van der Waals surface area contributed by atoms with E-state index in [1.165, 1.54) is 0 Å². The zero-order chi connectivity index (χ0) is 9.68. The Morgan fingerprint density at radius 3 is 2.38 bits per heavy atom. The van der Waals surface area contributed by atoms with Gasteiger partial charge in [-0.3, -0.25) is 4.79 Å². The van der Waals surface area contributed by atoms with Crippen LogP contribution in [0.2, 0.25) is 0 Å². The predicted octanol–water partition coefficient (Wildman–Crippen LogP) is 1.92. The number of nitrogens with one attached hydrogen (secondary N) is 1. The standard InChI is InChI=1S/C10H11NO2/c11-9(6-7-10(12)13)8-4-2-1-3-5-8/h1-5,11H,6-7H2,(H,12,13). The van der Waals surface area contributed by atoms with E-state index < -0.39 is 5.97 Å². The van der Waals surface area contributed by atoms with Crippen molar-refractivity contribution in [1.82, 2.24) is 0 Å². The van der Waals surface area contributed by atoms with Crippen molar-refractivity contribution in [3.05, 3.63) is 35.9 Å². The van der Waals surface area contributed by atoms with Crippen LogP contribution in [-0.2, 0) is 4.79 Å². The van der Waals surface area contributed by atoms with Gasteiger partial charge in [0.2, 0.25) is 0 Å². The Balaban J connectivity index is 2.54. The third kappa shape index (κ3) is 3.07. The Morgan fingerprint density at radius 1 is 1.23 bits per heavy atom. The van der Waals surface area contributed by atoms with Gasteiger partial charge in [-0.05, 0) is 12.0 Å². The first kappa shape index (κ1) is 9.45. The average Bonchev–Trinajstić information content (AvgIpc) is 2.15. The highest BCUT2D eigenvalue weighted by atomic mass is 16.4. The Hall–Kier alpha value is -1.64. The normalized spacial score (nSPS) is 9.54. The van der Waals surface area contributed by atoms with Gasteiger partial charge < -0.3 is 10.5 Å². The van der Waals surface area contributed by atoms with Gasteiger partial charge in [-0.2, -0.15) is 0 Å². The highest BCUT2D eigenvalue weighted by Gasteiger charge is 2.03. The van der Waals surface area contributed by atoms with Crippen molar-refractivity contribution < 1.29 is 9.90 Å². The lowest BCUT2D eigenvalue weighted by Gasteiger charge is -2.00. The molecule has 0 radical (unpaired) electrons. The molecule has 0 aromatic heterocycles. The van der Waals surface area contributed by atoms with E-state index in [0.717, 1.165) is 5.56 Å². The molecule has 0 saturated heterocycles. The quantitative estimate of drug-likeness (QED) is 0.690. The first-order valence-corrected chi connectivity index (χ1v) is 4.05. The Bertz CT molecular complexity index is 306. The van der Waals surface area contributed by atoms with Crippen molar-refractivity contribution in [1.29, 1.82) is 5.41 Å². The summed E-state index contributed by atoms with van der Waals surface area (Å²) in [4.78, 5) is 10.2. The predicted molar refractivity (Wildman–Crippen MR) is 50.1 cm³/mol. The molecule has 3 nitrogen and oxygen atoms in total. The molecular weight excluding hydrogens is 166 g/mol. The Labute approximate surface area is 76.5 Å². The van der Waals surface area contributed by atoms with Crippen LogP contribution in [0.3, 0.4) is 0 Å². The Kier molecular flexibility index (Phi) is 3.20. The van der Waals surface area contributed by atoms with E-state index in [9.17, 15) is 4.79 Å². The van der Waals surface area contributed by atoms with Crippen LogP contribution in [0.5, 0.6) is 0 Å². The molecule has 0 heterocycles. The molecule has 13 heavy (non-hydrogen) atoms. The van der Waals surface area contributed by atoms with Crippen molar-refractivity contribution in [2.75, 3.05) is 0 Å². The minimum atomic E-state index is -0.860. The summed E-state index contributed by atoms with van der Waals surface area (Å²) in [5, 5.41) is 16.0. The maximum atomic E-state index is 10.2. The number of benzene rings is 1. The van der Waals surface area contributed by atoms with Gasteiger partial charge in [0.1, 0.15) is 0 Å². The van der Waals surface area contributed by atoms with E-state index >= 15 is 0 Å². The van der Waals surface area contributed by atoms with E-state index in [2.05, 4.69) is 0 Å². The number of carboxylic acids is 1. The van der Waals surface area contributed by atoms with Crippen LogP contribution < -0.4 is 0 Å². The van der Waals surface area contributed by atoms with Crippen LogP contribution in [-0.4, -0.2) is 16.8 Å². The summed E-state index contributed by atoms with van der Waals surface area (Å²) in [5.74, 6) is -0.860. The molecule has 2 N–H and O–H groups in total. The molecule has 1 rings (SSSR count). The van der Waals surface area contributed by atoms with E-state index in [1.54, 1.807) is 0 Å². The van der Waals surface area contributed by atoms with Crippen molar-refractivity contribution in [3.8, 4) is 0 Å². The third-order valence-corrected chi connectivity index (χ3v) is 1.71. The first-order chi connectivity index (χ1) is 6.20. The second-order valence-corrected chi connectivity index (χ2v) is 2.74. The summed E-state index contributed by atoms with van der Waals surface area (Å²) in [7, 11) is 0. The van der Waals surface area contributed by atoms with E-state index in [-0.39, 0.29) is 6.42 Å². The number of aliphatic carboxylic acids is 1. The van der Waals surface area contributed by atoms with Gasteiger partial charge in [0.05, 0.1) is 6.42 Å². The summed E-state index contributed by atoms with van der Waals surface area (Å²) in [6, 6.07) is 9.16. The van der Waals surface area contributed by atoms with Crippen LogP contribution in [0.1, 0.15) is 18.4 Å². The molecule has 0 aliphatic heterocycles. The van der Waals surface area contributed by atoms with Crippen LogP contribution in [0.4, 0.5) is 0 Å². The smallest absolute Gasteiger partial charge is 0.303 e. The fourth-order valence-corrected chi connectivity index (χ4v) is 1.02. The van der Waals surface area contributed by atoms with Crippen molar-refractivity contribution in [3.63, 3.8) is 0 Å². The van der Waals surface area contributed by atoms with Gasteiger partial charge in [-0.15, -0.1) is 0 Å². The van der Waals surface area contributed by atoms with Gasteiger partial charge in [-0.1, -0.05) is 30.3 Å². The lowest BCUT2D eigenvalue weighted by Crippen LogP contribution is -2.03. The van der Waals surface area contributed by atoms with Gasteiger partial charge in [-0.25, -0.2) is 0 Å². The summed E-state index contributed by atoms with van der Waals surface area (Å²) in [6.45, 7) is 0.